The molecule has 0 aliphatic rings. The van der Waals surface area contributed by atoms with E-state index in [2.05, 4.69) is 9.83 Å². The van der Waals surface area contributed by atoms with Crippen LogP contribution in [0.5, 0.6) is 0 Å². The van der Waals surface area contributed by atoms with E-state index in [1.165, 1.54) is 18.3 Å². The van der Waals surface area contributed by atoms with E-state index in [0.29, 0.717) is 10.8 Å². The van der Waals surface area contributed by atoms with E-state index in [1.54, 1.807) is 5.38 Å². The first-order valence-corrected chi connectivity index (χ1v) is 3.46. The summed E-state index contributed by atoms with van der Waals surface area (Å²) in [4.78, 5) is 17.4. The first-order chi connectivity index (χ1) is 4.74. The fraction of sp³-hybridized carbons (Fsp3) is 0.167. The number of rotatable bonds is 1. The van der Waals surface area contributed by atoms with Crippen molar-refractivity contribution in [1.29, 1.82) is 0 Å². The van der Waals surface area contributed by atoms with Gasteiger partial charge >= 0.3 is 0 Å². The summed E-state index contributed by atoms with van der Waals surface area (Å²) >= 11 is 1.21. The third-order valence-electron chi connectivity index (χ3n) is 0.908. The zero-order chi connectivity index (χ0) is 7.56. The van der Waals surface area contributed by atoms with Crippen molar-refractivity contribution in [3.8, 4) is 0 Å². The molecule has 0 radical (unpaired) electrons. The van der Waals surface area contributed by atoms with Crippen molar-refractivity contribution >= 4 is 22.9 Å². The predicted molar refractivity (Wildman–Crippen MR) is 38.4 cm³/mol. The van der Waals surface area contributed by atoms with E-state index >= 15 is 0 Å². The largest absolute Gasteiger partial charge is 0.360 e. The van der Waals surface area contributed by atoms with Crippen LogP contribution < -0.4 is 0 Å². The number of aromatic nitrogens is 1. The molecule has 0 saturated carbocycles. The van der Waals surface area contributed by atoms with Crippen LogP contribution in [0.25, 0.3) is 4.85 Å². The second kappa shape index (κ2) is 2.58. The normalized spacial score (nSPS) is 8.80. The molecule has 0 amide bonds. The average Bonchev–Trinajstić information content (AvgIpc) is 2.34. The third kappa shape index (κ3) is 1.20. The molecule has 10 heavy (non-hydrogen) atoms. The number of carbonyl (C=O) groups excluding carboxylic acids is 1. The number of nitrogens with zero attached hydrogens (tertiary/aromatic N) is 2. The van der Waals surface area contributed by atoms with Crippen molar-refractivity contribution in [3.63, 3.8) is 0 Å². The predicted octanol–water partition coefficient (Wildman–Crippen LogP) is 1.90. The van der Waals surface area contributed by atoms with Gasteiger partial charge in [-0.2, -0.15) is 0 Å². The van der Waals surface area contributed by atoms with E-state index in [1.807, 2.05) is 0 Å². The van der Waals surface area contributed by atoms with Gasteiger partial charge in [0.2, 0.25) is 10.8 Å². The van der Waals surface area contributed by atoms with Crippen molar-refractivity contribution in [2.75, 3.05) is 0 Å². The minimum absolute atomic E-state index is 0.0834. The topological polar surface area (TPSA) is 34.3 Å². The standard InChI is InChI=1S/C6H4N2OS/c1-4(9)6-8-5(7-2)3-10-6/h3H,1H3. The maximum atomic E-state index is 10.6. The number of hydrogen-bond acceptors (Lipinski definition) is 3. The Labute approximate surface area is 62.2 Å². The lowest BCUT2D eigenvalue weighted by molar-refractivity contribution is 0.101. The first kappa shape index (κ1) is 6.90. The Hall–Kier alpha value is -1.21. The molecule has 0 saturated heterocycles. The molecule has 1 aromatic rings. The van der Waals surface area contributed by atoms with E-state index in [9.17, 15) is 4.79 Å². The highest BCUT2D eigenvalue weighted by Crippen LogP contribution is 2.16. The molecule has 1 aromatic heterocycles. The molecular weight excluding hydrogens is 148 g/mol. The van der Waals surface area contributed by atoms with E-state index in [-0.39, 0.29) is 5.78 Å². The molecule has 0 unspecified atom stereocenters. The summed E-state index contributed by atoms with van der Waals surface area (Å²) in [6.07, 6.45) is 0. The van der Waals surface area contributed by atoms with Crippen LogP contribution >= 0.6 is 11.3 Å². The Morgan fingerprint density at radius 1 is 1.90 bits per heavy atom. The SMILES string of the molecule is [C-]#[N+]c1csc(C(C)=O)n1. The monoisotopic (exact) mass is 152 g/mol. The quantitative estimate of drug-likeness (QED) is 0.455. The first-order valence-electron chi connectivity index (χ1n) is 2.58. The van der Waals surface area contributed by atoms with Gasteiger partial charge in [0.25, 0.3) is 5.82 Å². The molecule has 0 fully saturated rings. The highest BCUT2D eigenvalue weighted by molar-refractivity contribution is 7.12. The summed E-state index contributed by atoms with van der Waals surface area (Å²) < 4.78 is 0. The number of carbonyl (C=O) groups is 1. The highest BCUT2D eigenvalue weighted by Gasteiger charge is 2.08. The van der Waals surface area contributed by atoms with Gasteiger partial charge in [-0.3, -0.25) is 4.79 Å². The van der Waals surface area contributed by atoms with E-state index in [4.69, 9.17) is 6.57 Å². The smallest absolute Gasteiger partial charge is 0.281 e. The summed E-state index contributed by atoms with van der Waals surface area (Å²) in [5, 5.41) is 1.98. The van der Waals surface area contributed by atoms with Gasteiger partial charge in [-0.1, -0.05) is 6.57 Å². The Balaban J connectivity index is 3.02. The van der Waals surface area contributed by atoms with Crippen LogP contribution in [0.15, 0.2) is 5.38 Å². The lowest BCUT2D eigenvalue weighted by atomic mass is 10.5. The summed E-state index contributed by atoms with van der Waals surface area (Å²) in [7, 11) is 0. The van der Waals surface area contributed by atoms with Crippen molar-refractivity contribution in [2.45, 2.75) is 6.92 Å². The van der Waals surface area contributed by atoms with Crippen LogP contribution in [0.1, 0.15) is 16.7 Å². The molecule has 4 heteroatoms. The molecular formula is C6H4N2OS. The molecule has 0 bridgehead atoms. The molecule has 0 N–H and O–H groups in total. The zero-order valence-corrected chi connectivity index (χ0v) is 6.10. The fourth-order valence-electron chi connectivity index (χ4n) is 0.478. The molecule has 0 aliphatic carbocycles. The summed E-state index contributed by atoms with van der Waals surface area (Å²) in [5.74, 6) is 0.218. The minimum Gasteiger partial charge on any atom is -0.360 e. The molecule has 0 aromatic carbocycles. The summed E-state index contributed by atoms with van der Waals surface area (Å²) in [6, 6.07) is 0. The lowest BCUT2D eigenvalue weighted by Gasteiger charge is -1.74. The van der Waals surface area contributed by atoms with Crippen LogP contribution in [0, 0.1) is 6.57 Å². The molecule has 0 aliphatic heterocycles. The number of hydrogen-bond donors (Lipinski definition) is 0. The van der Waals surface area contributed by atoms with Gasteiger partial charge in [-0.25, -0.2) is 0 Å². The summed E-state index contributed by atoms with van der Waals surface area (Å²) in [5.41, 5.74) is 0. The van der Waals surface area contributed by atoms with Crippen LogP contribution in [0.2, 0.25) is 0 Å². The molecule has 1 heterocycles. The van der Waals surface area contributed by atoms with Gasteiger partial charge in [0.05, 0.1) is 0 Å². The Kier molecular flexibility index (Phi) is 1.78. The zero-order valence-electron chi connectivity index (χ0n) is 5.29. The lowest BCUT2D eigenvalue weighted by Crippen LogP contribution is -1.87. The average molecular weight is 152 g/mol. The molecule has 3 nitrogen and oxygen atoms in total. The maximum absolute atomic E-state index is 10.6. The van der Waals surface area contributed by atoms with E-state index in [0.717, 1.165) is 0 Å². The van der Waals surface area contributed by atoms with Crippen molar-refractivity contribution < 1.29 is 4.79 Å². The second-order valence-corrected chi connectivity index (χ2v) is 2.54. The van der Waals surface area contributed by atoms with Crippen LogP contribution in [-0.2, 0) is 0 Å². The Bertz CT molecular complexity index is 297. The van der Waals surface area contributed by atoms with Crippen molar-refractivity contribution in [3.05, 3.63) is 21.8 Å². The van der Waals surface area contributed by atoms with Gasteiger partial charge in [0.1, 0.15) is 0 Å². The van der Waals surface area contributed by atoms with E-state index < -0.39 is 0 Å². The van der Waals surface area contributed by atoms with Gasteiger partial charge in [0.15, 0.2) is 0 Å². The number of thiazole rings is 1. The third-order valence-corrected chi connectivity index (χ3v) is 1.84. The Morgan fingerprint density at radius 2 is 2.60 bits per heavy atom. The second-order valence-electron chi connectivity index (χ2n) is 1.68. The number of ketones is 1. The maximum Gasteiger partial charge on any atom is 0.281 e. The summed E-state index contributed by atoms with van der Waals surface area (Å²) in [6.45, 7) is 7.99. The minimum atomic E-state index is -0.0834. The van der Waals surface area contributed by atoms with Gasteiger partial charge in [-0.15, -0.1) is 16.3 Å². The fourth-order valence-corrected chi connectivity index (χ4v) is 1.11. The number of Topliss-reactive ketones (excluding diaryl/α,β-unsaturated/α-hetero) is 1. The molecule has 0 atom stereocenters. The van der Waals surface area contributed by atoms with Crippen LogP contribution in [-0.4, -0.2) is 10.8 Å². The van der Waals surface area contributed by atoms with Gasteiger partial charge in [0, 0.05) is 12.3 Å². The van der Waals surface area contributed by atoms with Gasteiger partial charge < -0.3 is 4.85 Å². The van der Waals surface area contributed by atoms with Gasteiger partial charge in [-0.05, 0) is 0 Å². The van der Waals surface area contributed by atoms with Crippen molar-refractivity contribution in [2.24, 2.45) is 0 Å². The Morgan fingerprint density at radius 3 is 2.90 bits per heavy atom. The molecule has 1 rings (SSSR count). The molecule has 50 valence electrons. The van der Waals surface area contributed by atoms with Crippen molar-refractivity contribution in [1.82, 2.24) is 4.98 Å². The van der Waals surface area contributed by atoms with Crippen LogP contribution in [0.3, 0.4) is 0 Å². The molecule has 0 spiro atoms. The van der Waals surface area contributed by atoms with Crippen LogP contribution in [0.4, 0.5) is 5.82 Å². The highest BCUT2D eigenvalue weighted by atomic mass is 32.1.